The van der Waals surface area contributed by atoms with Gasteiger partial charge in [-0.2, -0.15) is 8.78 Å². The topological polar surface area (TPSA) is 9.23 Å². The average molecular weight is 271 g/mol. The lowest BCUT2D eigenvalue weighted by molar-refractivity contribution is -0.0503. The minimum absolute atomic E-state index is 0.0469. The van der Waals surface area contributed by atoms with Gasteiger partial charge in [0.1, 0.15) is 5.75 Å². The Morgan fingerprint density at radius 2 is 2.08 bits per heavy atom. The second kappa shape index (κ2) is 4.24. The van der Waals surface area contributed by atoms with Crippen LogP contribution in [0, 0.1) is 6.92 Å². The number of hydrogen-bond donors (Lipinski definition) is 0. The van der Waals surface area contributed by atoms with Crippen molar-refractivity contribution < 1.29 is 13.5 Å². The van der Waals surface area contributed by atoms with Crippen LogP contribution in [0.3, 0.4) is 0 Å². The van der Waals surface area contributed by atoms with E-state index in [9.17, 15) is 8.78 Å². The fraction of sp³-hybridized carbons (Fsp3) is 0.250. The van der Waals surface area contributed by atoms with Gasteiger partial charge in [-0.1, -0.05) is 17.7 Å². The van der Waals surface area contributed by atoms with Crippen molar-refractivity contribution in [3.63, 3.8) is 0 Å². The number of aryl methyl sites for hydroxylation is 1. The molecular formula is C8H6BrClF2O. The second-order valence-corrected chi connectivity index (χ2v) is 3.56. The molecule has 0 N–H and O–H groups in total. The van der Waals surface area contributed by atoms with E-state index in [0.717, 1.165) is 5.56 Å². The molecule has 0 saturated carbocycles. The van der Waals surface area contributed by atoms with Gasteiger partial charge in [0.05, 0.1) is 9.50 Å². The summed E-state index contributed by atoms with van der Waals surface area (Å²) in [6, 6.07) is 3.06. The van der Waals surface area contributed by atoms with E-state index in [1.807, 2.05) is 0 Å². The van der Waals surface area contributed by atoms with E-state index in [1.165, 1.54) is 6.07 Å². The maximum Gasteiger partial charge on any atom is 0.387 e. The zero-order chi connectivity index (χ0) is 10.0. The molecule has 1 rings (SSSR count). The third-order valence-electron chi connectivity index (χ3n) is 1.46. The molecule has 0 unspecified atom stereocenters. The molecule has 0 aromatic heterocycles. The van der Waals surface area contributed by atoms with Crippen LogP contribution >= 0.6 is 27.5 Å². The highest BCUT2D eigenvalue weighted by Crippen LogP contribution is 2.35. The van der Waals surface area contributed by atoms with Crippen molar-refractivity contribution in [1.29, 1.82) is 0 Å². The summed E-state index contributed by atoms with van der Waals surface area (Å²) in [5.41, 5.74) is 0.801. The van der Waals surface area contributed by atoms with Gasteiger partial charge in [-0.15, -0.1) is 0 Å². The summed E-state index contributed by atoms with van der Waals surface area (Å²) >= 11 is 8.86. The summed E-state index contributed by atoms with van der Waals surface area (Å²) in [5, 5.41) is 0.387. The van der Waals surface area contributed by atoms with E-state index < -0.39 is 6.61 Å². The molecule has 13 heavy (non-hydrogen) atoms. The molecule has 0 saturated heterocycles. The SMILES string of the molecule is Cc1ccc(OC(F)F)c(Br)c1Cl. The van der Waals surface area contributed by atoms with Crippen molar-refractivity contribution in [3.8, 4) is 5.75 Å². The largest absolute Gasteiger partial charge is 0.434 e. The Balaban J connectivity index is 3.04. The highest BCUT2D eigenvalue weighted by molar-refractivity contribution is 9.10. The molecule has 1 nitrogen and oxygen atoms in total. The van der Waals surface area contributed by atoms with E-state index in [2.05, 4.69) is 20.7 Å². The summed E-state index contributed by atoms with van der Waals surface area (Å²) in [6.45, 7) is -1.06. The molecule has 1 aromatic rings. The van der Waals surface area contributed by atoms with Crippen molar-refractivity contribution >= 4 is 27.5 Å². The van der Waals surface area contributed by atoms with Crippen LogP contribution in [0.5, 0.6) is 5.75 Å². The van der Waals surface area contributed by atoms with Gasteiger partial charge in [0, 0.05) is 0 Å². The Morgan fingerprint density at radius 1 is 1.46 bits per heavy atom. The van der Waals surface area contributed by atoms with E-state index in [4.69, 9.17) is 11.6 Å². The third kappa shape index (κ3) is 2.54. The number of alkyl halides is 2. The lowest BCUT2D eigenvalue weighted by Gasteiger charge is -2.08. The summed E-state index contributed by atoms with van der Waals surface area (Å²) in [6.07, 6.45) is 0. The van der Waals surface area contributed by atoms with E-state index >= 15 is 0 Å². The van der Waals surface area contributed by atoms with Crippen LogP contribution in [-0.2, 0) is 0 Å². The van der Waals surface area contributed by atoms with Gasteiger partial charge in [-0.3, -0.25) is 0 Å². The van der Waals surface area contributed by atoms with Gasteiger partial charge in [0.25, 0.3) is 0 Å². The Hall–Kier alpha value is -0.350. The van der Waals surface area contributed by atoms with Crippen molar-refractivity contribution in [2.75, 3.05) is 0 Å². The molecule has 0 aliphatic carbocycles. The van der Waals surface area contributed by atoms with Gasteiger partial charge in [-0.25, -0.2) is 0 Å². The first-order chi connectivity index (χ1) is 6.02. The molecule has 0 aliphatic rings. The zero-order valence-corrected chi connectivity index (χ0v) is 8.99. The molecule has 72 valence electrons. The lowest BCUT2D eigenvalue weighted by Crippen LogP contribution is -2.02. The Labute approximate surface area is 87.8 Å². The molecule has 0 spiro atoms. The molecule has 0 amide bonds. The summed E-state index contributed by atoms with van der Waals surface area (Å²) in [5.74, 6) is 0.0469. The van der Waals surface area contributed by atoms with Crippen molar-refractivity contribution in [3.05, 3.63) is 27.2 Å². The predicted molar refractivity (Wildman–Crippen MR) is 50.5 cm³/mol. The fourth-order valence-electron chi connectivity index (χ4n) is 0.815. The number of halogens is 4. The number of rotatable bonds is 2. The average Bonchev–Trinajstić information content (AvgIpc) is 2.06. The molecule has 1 aromatic carbocycles. The summed E-state index contributed by atoms with van der Waals surface area (Å²) < 4.78 is 28.3. The van der Waals surface area contributed by atoms with E-state index in [-0.39, 0.29) is 5.75 Å². The fourth-order valence-corrected chi connectivity index (χ4v) is 1.51. The number of benzene rings is 1. The van der Waals surface area contributed by atoms with Crippen LogP contribution < -0.4 is 4.74 Å². The maximum atomic E-state index is 11.8. The zero-order valence-electron chi connectivity index (χ0n) is 6.65. The molecule has 0 heterocycles. The standard InChI is InChI=1S/C8H6BrClF2O/c1-4-2-3-5(13-8(11)12)6(9)7(4)10/h2-3,8H,1H3. The van der Waals surface area contributed by atoms with Gasteiger partial charge in [0.15, 0.2) is 0 Å². The third-order valence-corrected chi connectivity index (χ3v) is 2.96. The van der Waals surface area contributed by atoms with Gasteiger partial charge >= 0.3 is 6.61 Å². The number of ether oxygens (including phenoxy) is 1. The predicted octanol–water partition coefficient (Wildman–Crippen LogP) is 4.01. The van der Waals surface area contributed by atoms with E-state index in [0.29, 0.717) is 9.50 Å². The second-order valence-electron chi connectivity index (χ2n) is 2.39. The molecular weight excluding hydrogens is 265 g/mol. The van der Waals surface area contributed by atoms with Crippen molar-refractivity contribution in [2.45, 2.75) is 13.5 Å². The minimum Gasteiger partial charge on any atom is -0.434 e. The highest BCUT2D eigenvalue weighted by Gasteiger charge is 2.11. The van der Waals surface area contributed by atoms with Crippen LogP contribution in [0.25, 0.3) is 0 Å². The van der Waals surface area contributed by atoms with Crippen LogP contribution in [0.2, 0.25) is 5.02 Å². The van der Waals surface area contributed by atoms with Crippen LogP contribution in [0.15, 0.2) is 16.6 Å². The molecule has 0 radical (unpaired) electrons. The Kier molecular flexibility index (Phi) is 3.50. The van der Waals surface area contributed by atoms with E-state index in [1.54, 1.807) is 13.0 Å². The Bertz CT molecular complexity index is 317. The van der Waals surface area contributed by atoms with Crippen LogP contribution in [0.4, 0.5) is 8.78 Å². The molecule has 0 aliphatic heterocycles. The summed E-state index contributed by atoms with van der Waals surface area (Å²) in [7, 11) is 0. The lowest BCUT2D eigenvalue weighted by atomic mass is 10.2. The van der Waals surface area contributed by atoms with Crippen LogP contribution in [-0.4, -0.2) is 6.61 Å². The van der Waals surface area contributed by atoms with Crippen molar-refractivity contribution in [1.82, 2.24) is 0 Å². The normalized spacial score (nSPS) is 10.6. The molecule has 0 fully saturated rings. The quantitative estimate of drug-likeness (QED) is 0.789. The Morgan fingerprint density at radius 3 is 2.62 bits per heavy atom. The molecule has 5 heteroatoms. The van der Waals surface area contributed by atoms with Gasteiger partial charge < -0.3 is 4.74 Å². The summed E-state index contributed by atoms with van der Waals surface area (Å²) in [4.78, 5) is 0. The first kappa shape index (κ1) is 10.7. The smallest absolute Gasteiger partial charge is 0.387 e. The first-order valence-corrected chi connectivity index (χ1v) is 4.59. The van der Waals surface area contributed by atoms with Gasteiger partial charge in [-0.05, 0) is 34.5 Å². The van der Waals surface area contributed by atoms with Crippen LogP contribution in [0.1, 0.15) is 5.56 Å². The first-order valence-electron chi connectivity index (χ1n) is 3.41. The number of hydrogen-bond acceptors (Lipinski definition) is 1. The van der Waals surface area contributed by atoms with Gasteiger partial charge in [0.2, 0.25) is 0 Å². The highest BCUT2D eigenvalue weighted by atomic mass is 79.9. The van der Waals surface area contributed by atoms with Crippen molar-refractivity contribution in [2.24, 2.45) is 0 Å². The maximum absolute atomic E-state index is 11.8. The molecule has 0 bridgehead atoms. The minimum atomic E-state index is -2.84. The molecule has 0 atom stereocenters. The monoisotopic (exact) mass is 270 g/mol.